The molecule has 0 aromatic carbocycles. The van der Waals surface area contributed by atoms with Crippen LogP contribution in [0.1, 0.15) is 32.6 Å². The molecular formula is C10H20O3. The molecule has 1 fully saturated rings. The van der Waals surface area contributed by atoms with Crippen molar-refractivity contribution in [2.45, 2.75) is 44.3 Å². The zero-order chi connectivity index (χ0) is 9.73. The maximum atomic E-state index is 9.88. The summed E-state index contributed by atoms with van der Waals surface area (Å²) < 4.78 is 10.6. The van der Waals surface area contributed by atoms with Crippen molar-refractivity contribution in [1.29, 1.82) is 0 Å². The zero-order valence-electron chi connectivity index (χ0n) is 8.58. The number of aliphatic hydroxyl groups is 1. The maximum Gasteiger partial charge on any atom is 0.106 e. The van der Waals surface area contributed by atoms with E-state index >= 15 is 0 Å². The Hall–Kier alpha value is -0.120. The van der Waals surface area contributed by atoms with Gasteiger partial charge in [0.15, 0.2) is 0 Å². The normalized spacial score (nSPS) is 23.3. The van der Waals surface area contributed by atoms with Crippen molar-refractivity contribution in [3.8, 4) is 0 Å². The quantitative estimate of drug-likeness (QED) is 0.707. The molecule has 1 aliphatic rings. The van der Waals surface area contributed by atoms with E-state index in [0.717, 1.165) is 25.7 Å². The highest BCUT2D eigenvalue weighted by molar-refractivity contribution is 4.92. The molecule has 1 rings (SSSR count). The second kappa shape index (κ2) is 4.94. The van der Waals surface area contributed by atoms with E-state index in [2.05, 4.69) is 0 Å². The van der Waals surface area contributed by atoms with E-state index in [1.807, 2.05) is 6.92 Å². The number of aliphatic hydroxyl groups excluding tert-OH is 1. The summed E-state index contributed by atoms with van der Waals surface area (Å²) in [6.07, 6.45) is 3.76. The van der Waals surface area contributed by atoms with Gasteiger partial charge >= 0.3 is 0 Å². The van der Waals surface area contributed by atoms with Crippen molar-refractivity contribution in [2.75, 3.05) is 20.3 Å². The van der Waals surface area contributed by atoms with Crippen LogP contribution in [0.15, 0.2) is 0 Å². The van der Waals surface area contributed by atoms with Gasteiger partial charge in [0, 0.05) is 13.7 Å². The average molecular weight is 188 g/mol. The molecule has 0 aromatic heterocycles. The third-order valence-electron chi connectivity index (χ3n) is 2.81. The van der Waals surface area contributed by atoms with E-state index in [1.165, 1.54) is 0 Å². The van der Waals surface area contributed by atoms with Crippen LogP contribution < -0.4 is 0 Å². The molecule has 78 valence electrons. The van der Waals surface area contributed by atoms with Gasteiger partial charge in [0.2, 0.25) is 0 Å². The molecule has 0 radical (unpaired) electrons. The molecule has 3 nitrogen and oxygen atoms in total. The summed E-state index contributed by atoms with van der Waals surface area (Å²) in [5.41, 5.74) is -0.315. The molecule has 0 heterocycles. The van der Waals surface area contributed by atoms with Crippen LogP contribution in [0.3, 0.4) is 0 Å². The van der Waals surface area contributed by atoms with Gasteiger partial charge in [-0.15, -0.1) is 0 Å². The average Bonchev–Trinajstić information content (AvgIpc) is 2.55. The number of hydrogen-bond acceptors (Lipinski definition) is 3. The molecule has 0 amide bonds. The fourth-order valence-corrected chi connectivity index (χ4v) is 2.14. The molecule has 3 heteroatoms. The van der Waals surface area contributed by atoms with E-state index in [1.54, 1.807) is 7.11 Å². The van der Waals surface area contributed by atoms with E-state index in [0.29, 0.717) is 13.2 Å². The van der Waals surface area contributed by atoms with Crippen molar-refractivity contribution in [3.63, 3.8) is 0 Å². The SMILES string of the molecule is CCOC1(C(O)COC)CCCC1. The zero-order valence-corrected chi connectivity index (χ0v) is 8.58. The standard InChI is InChI=1S/C10H20O3/c1-3-13-10(6-4-5-7-10)9(11)8-12-2/h9,11H,3-8H2,1-2H3. The molecule has 13 heavy (non-hydrogen) atoms. The van der Waals surface area contributed by atoms with Crippen LogP contribution in [0.2, 0.25) is 0 Å². The largest absolute Gasteiger partial charge is 0.388 e. The molecule has 0 bridgehead atoms. The van der Waals surface area contributed by atoms with Crippen molar-refractivity contribution in [1.82, 2.24) is 0 Å². The molecule has 0 saturated heterocycles. The Balaban J connectivity index is 2.54. The first-order valence-electron chi connectivity index (χ1n) is 5.06. The Kier molecular flexibility index (Phi) is 4.16. The Morgan fingerprint density at radius 2 is 2.00 bits per heavy atom. The smallest absolute Gasteiger partial charge is 0.106 e. The lowest BCUT2D eigenvalue weighted by Gasteiger charge is -2.33. The second-order valence-electron chi connectivity index (χ2n) is 3.68. The summed E-state index contributed by atoms with van der Waals surface area (Å²) in [5, 5.41) is 9.88. The number of rotatable bonds is 5. The Morgan fingerprint density at radius 3 is 2.46 bits per heavy atom. The molecule has 0 spiro atoms. The lowest BCUT2D eigenvalue weighted by Crippen LogP contribution is -2.45. The van der Waals surface area contributed by atoms with Crippen LogP contribution >= 0.6 is 0 Å². The van der Waals surface area contributed by atoms with Gasteiger partial charge in [-0.3, -0.25) is 0 Å². The molecule has 0 aromatic rings. The summed E-state index contributed by atoms with van der Waals surface area (Å²) in [6, 6.07) is 0. The topological polar surface area (TPSA) is 38.7 Å². The third-order valence-corrected chi connectivity index (χ3v) is 2.81. The van der Waals surface area contributed by atoms with Gasteiger partial charge in [0.1, 0.15) is 6.10 Å². The molecule has 1 saturated carbocycles. The number of methoxy groups -OCH3 is 1. The van der Waals surface area contributed by atoms with Gasteiger partial charge in [0.05, 0.1) is 12.2 Å². The molecule has 1 aliphatic carbocycles. The third kappa shape index (κ3) is 2.42. The first-order valence-corrected chi connectivity index (χ1v) is 5.06. The minimum Gasteiger partial charge on any atom is -0.388 e. The van der Waals surface area contributed by atoms with E-state index < -0.39 is 6.10 Å². The summed E-state index contributed by atoms with van der Waals surface area (Å²) in [5.74, 6) is 0. The highest BCUT2D eigenvalue weighted by Gasteiger charge is 2.41. The monoisotopic (exact) mass is 188 g/mol. The summed E-state index contributed by atoms with van der Waals surface area (Å²) in [6.45, 7) is 3.01. The Bertz CT molecular complexity index is 141. The first-order chi connectivity index (χ1) is 6.25. The fourth-order valence-electron chi connectivity index (χ4n) is 2.14. The summed E-state index contributed by atoms with van der Waals surface area (Å²) in [7, 11) is 1.61. The van der Waals surface area contributed by atoms with Crippen LogP contribution in [0.4, 0.5) is 0 Å². The van der Waals surface area contributed by atoms with Gasteiger partial charge in [-0.2, -0.15) is 0 Å². The van der Waals surface area contributed by atoms with E-state index in [9.17, 15) is 5.11 Å². The number of ether oxygens (including phenoxy) is 2. The molecule has 1 atom stereocenters. The van der Waals surface area contributed by atoms with Crippen LogP contribution in [0, 0.1) is 0 Å². The molecular weight excluding hydrogens is 168 g/mol. The Morgan fingerprint density at radius 1 is 1.38 bits per heavy atom. The summed E-state index contributed by atoms with van der Waals surface area (Å²) >= 11 is 0. The minimum absolute atomic E-state index is 0.315. The summed E-state index contributed by atoms with van der Waals surface area (Å²) in [4.78, 5) is 0. The first kappa shape index (κ1) is 11.0. The predicted molar refractivity (Wildman–Crippen MR) is 50.7 cm³/mol. The predicted octanol–water partition coefficient (Wildman–Crippen LogP) is 1.34. The second-order valence-corrected chi connectivity index (χ2v) is 3.68. The number of hydrogen-bond donors (Lipinski definition) is 1. The van der Waals surface area contributed by atoms with Crippen LogP contribution in [0.5, 0.6) is 0 Å². The van der Waals surface area contributed by atoms with Crippen LogP contribution in [-0.4, -0.2) is 37.1 Å². The van der Waals surface area contributed by atoms with Crippen LogP contribution in [0.25, 0.3) is 0 Å². The lowest BCUT2D eigenvalue weighted by atomic mass is 9.95. The maximum absolute atomic E-state index is 9.88. The van der Waals surface area contributed by atoms with Crippen molar-refractivity contribution in [3.05, 3.63) is 0 Å². The van der Waals surface area contributed by atoms with Crippen molar-refractivity contribution >= 4 is 0 Å². The highest BCUT2D eigenvalue weighted by Crippen LogP contribution is 2.36. The lowest BCUT2D eigenvalue weighted by molar-refractivity contribution is -0.134. The molecule has 1 unspecified atom stereocenters. The fraction of sp³-hybridized carbons (Fsp3) is 1.00. The van der Waals surface area contributed by atoms with Gasteiger partial charge in [0.25, 0.3) is 0 Å². The molecule has 0 aliphatic heterocycles. The highest BCUT2D eigenvalue weighted by atomic mass is 16.5. The van der Waals surface area contributed by atoms with E-state index in [-0.39, 0.29) is 5.60 Å². The molecule has 1 N–H and O–H groups in total. The van der Waals surface area contributed by atoms with Gasteiger partial charge in [-0.05, 0) is 19.8 Å². The van der Waals surface area contributed by atoms with Gasteiger partial charge in [-0.1, -0.05) is 12.8 Å². The van der Waals surface area contributed by atoms with Crippen LogP contribution in [-0.2, 0) is 9.47 Å². The van der Waals surface area contributed by atoms with Gasteiger partial charge < -0.3 is 14.6 Å². The van der Waals surface area contributed by atoms with Gasteiger partial charge in [-0.25, -0.2) is 0 Å². The van der Waals surface area contributed by atoms with Crippen molar-refractivity contribution < 1.29 is 14.6 Å². The van der Waals surface area contributed by atoms with E-state index in [4.69, 9.17) is 9.47 Å². The Labute approximate surface area is 80.0 Å². The minimum atomic E-state index is -0.472. The van der Waals surface area contributed by atoms with Crippen molar-refractivity contribution in [2.24, 2.45) is 0 Å².